The van der Waals surface area contributed by atoms with Gasteiger partial charge in [0.2, 0.25) is 0 Å². The third-order valence-corrected chi connectivity index (χ3v) is 5.26. The van der Waals surface area contributed by atoms with Crippen molar-refractivity contribution in [1.29, 1.82) is 0 Å². The molecule has 0 spiro atoms. The number of aliphatic hydroxyl groups is 1. The van der Waals surface area contributed by atoms with Gasteiger partial charge in [-0.05, 0) is 43.9 Å². The summed E-state index contributed by atoms with van der Waals surface area (Å²) in [7, 11) is 0. The van der Waals surface area contributed by atoms with E-state index in [1.165, 1.54) is 0 Å². The molecule has 6 nitrogen and oxygen atoms in total. The van der Waals surface area contributed by atoms with E-state index in [9.17, 15) is 9.90 Å². The van der Waals surface area contributed by atoms with Crippen LogP contribution in [0.25, 0.3) is 0 Å². The molecule has 1 saturated heterocycles. The molecule has 0 bridgehead atoms. The Morgan fingerprint density at radius 1 is 1.25 bits per heavy atom. The predicted octanol–water partition coefficient (Wildman–Crippen LogP) is 1.14. The van der Waals surface area contributed by atoms with Crippen LogP contribution in [-0.2, 0) is 11.3 Å². The molecule has 0 aromatic carbocycles. The van der Waals surface area contributed by atoms with Gasteiger partial charge in [-0.25, -0.2) is 4.98 Å². The molecule has 2 N–H and O–H groups in total. The second-order valence-corrected chi connectivity index (χ2v) is 6.87. The first-order chi connectivity index (χ1) is 11.6. The van der Waals surface area contributed by atoms with Crippen LogP contribution in [0, 0.1) is 0 Å². The Morgan fingerprint density at radius 3 is 2.54 bits per heavy atom. The summed E-state index contributed by atoms with van der Waals surface area (Å²) in [5.74, 6) is 0.745. The minimum absolute atomic E-state index is 0.250. The number of rotatable bonds is 5. The minimum Gasteiger partial charge on any atom is -0.380 e. The summed E-state index contributed by atoms with van der Waals surface area (Å²) in [6.45, 7) is 7.88. The second kappa shape index (κ2) is 7.49. The van der Waals surface area contributed by atoms with Gasteiger partial charge in [-0.3, -0.25) is 4.79 Å². The maximum Gasteiger partial charge on any atom is 0.252 e. The average Bonchev–Trinajstić information content (AvgIpc) is 3.08. The quantitative estimate of drug-likeness (QED) is 0.846. The van der Waals surface area contributed by atoms with E-state index < -0.39 is 5.60 Å². The van der Waals surface area contributed by atoms with E-state index in [4.69, 9.17) is 0 Å². The monoisotopic (exact) mass is 332 g/mol. The molecule has 2 heterocycles. The maximum atomic E-state index is 12.1. The molecule has 0 unspecified atom stereocenters. The van der Waals surface area contributed by atoms with Gasteiger partial charge >= 0.3 is 0 Å². The highest BCUT2D eigenvalue weighted by Crippen LogP contribution is 2.29. The molecule has 6 heteroatoms. The molecule has 2 fully saturated rings. The minimum atomic E-state index is -1.16. The SMILES string of the molecule is CCN1CCN(c2ccc(CNC(=O)C3(O)CCCC3)cn2)CC1. The highest BCUT2D eigenvalue weighted by atomic mass is 16.3. The van der Waals surface area contributed by atoms with Gasteiger partial charge in [0.05, 0.1) is 0 Å². The summed E-state index contributed by atoms with van der Waals surface area (Å²) >= 11 is 0. The first-order valence-electron chi connectivity index (χ1n) is 9.03. The second-order valence-electron chi connectivity index (χ2n) is 6.87. The fourth-order valence-corrected chi connectivity index (χ4v) is 3.54. The Balaban J connectivity index is 1.50. The van der Waals surface area contributed by atoms with Crippen molar-refractivity contribution < 1.29 is 9.90 Å². The van der Waals surface area contributed by atoms with Gasteiger partial charge in [0.15, 0.2) is 0 Å². The smallest absolute Gasteiger partial charge is 0.252 e. The lowest BCUT2D eigenvalue weighted by Crippen LogP contribution is -2.46. The molecule has 24 heavy (non-hydrogen) atoms. The topological polar surface area (TPSA) is 68.7 Å². The summed E-state index contributed by atoms with van der Waals surface area (Å²) in [5, 5.41) is 13.1. The number of hydrogen-bond acceptors (Lipinski definition) is 5. The van der Waals surface area contributed by atoms with Gasteiger partial charge in [-0.2, -0.15) is 0 Å². The van der Waals surface area contributed by atoms with Crippen LogP contribution in [0.3, 0.4) is 0 Å². The first kappa shape index (κ1) is 17.2. The lowest BCUT2D eigenvalue weighted by atomic mass is 10.0. The van der Waals surface area contributed by atoms with Crippen LogP contribution in [0.4, 0.5) is 5.82 Å². The molecule has 2 aliphatic rings. The molecule has 132 valence electrons. The summed E-state index contributed by atoms with van der Waals surface area (Å²) in [4.78, 5) is 21.4. The van der Waals surface area contributed by atoms with Crippen LogP contribution in [0.5, 0.6) is 0 Å². The highest BCUT2D eigenvalue weighted by Gasteiger charge is 2.38. The number of piperazine rings is 1. The number of nitrogens with one attached hydrogen (secondary N) is 1. The first-order valence-corrected chi connectivity index (χ1v) is 9.03. The third kappa shape index (κ3) is 3.87. The Bertz CT molecular complexity index is 547. The fourth-order valence-electron chi connectivity index (χ4n) is 3.54. The molecule has 1 amide bonds. The van der Waals surface area contributed by atoms with E-state index in [1.807, 2.05) is 18.3 Å². The van der Waals surface area contributed by atoms with Gasteiger partial charge in [0.25, 0.3) is 5.91 Å². The van der Waals surface area contributed by atoms with Crippen molar-refractivity contribution in [3.8, 4) is 0 Å². The van der Waals surface area contributed by atoms with E-state index in [2.05, 4.69) is 27.0 Å². The molecule has 3 rings (SSSR count). The molecule has 1 aliphatic carbocycles. The van der Waals surface area contributed by atoms with E-state index in [0.717, 1.165) is 56.9 Å². The fraction of sp³-hybridized carbons (Fsp3) is 0.667. The molecule has 0 atom stereocenters. The van der Waals surface area contributed by atoms with Gasteiger partial charge in [-0.15, -0.1) is 0 Å². The maximum absolute atomic E-state index is 12.1. The Morgan fingerprint density at radius 2 is 1.96 bits per heavy atom. The van der Waals surface area contributed by atoms with E-state index in [-0.39, 0.29) is 5.91 Å². The van der Waals surface area contributed by atoms with Gasteiger partial charge in [0, 0.05) is 38.9 Å². The van der Waals surface area contributed by atoms with E-state index >= 15 is 0 Å². The number of pyridine rings is 1. The summed E-state index contributed by atoms with van der Waals surface area (Å²) < 4.78 is 0. The van der Waals surface area contributed by atoms with Crippen molar-refractivity contribution in [3.05, 3.63) is 23.9 Å². The molecule has 1 aromatic rings. The number of amides is 1. The number of aromatic nitrogens is 1. The van der Waals surface area contributed by atoms with Crippen LogP contribution < -0.4 is 10.2 Å². The molecular weight excluding hydrogens is 304 g/mol. The number of anilines is 1. The van der Waals surface area contributed by atoms with Crippen molar-refractivity contribution in [2.24, 2.45) is 0 Å². The molecular formula is C18H28N4O2. The number of likely N-dealkylation sites (N-methyl/N-ethyl adjacent to an activating group) is 1. The zero-order chi connectivity index (χ0) is 17.0. The highest BCUT2D eigenvalue weighted by molar-refractivity contribution is 5.85. The standard InChI is InChI=1S/C18H28N4O2/c1-2-21-9-11-22(12-10-21)16-6-5-15(13-19-16)14-20-17(23)18(24)7-3-4-8-18/h5-6,13,24H,2-4,7-12,14H2,1H3,(H,20,23). The lowest BCUT2D eigenvalue weighted by Gasteiger charge is -2.34. The summed E-state index contributed by atoms with van der Waals surface area (Å²) in [6, 6.07) is 4.03. The molecule has 0 radical (unpaired) electrons. The number of hydrogen-bond donors (Lipinski definition) is 2. The summed E-state index contributed by atoms with van der Waals surface area (Å²) in [5.41, 5.74) is -0.201. The van der Waals surface area contributed by atoms with Crippen LogP contribution in [0.1, 0.15) is 38.2 Å². The molecule has 1 aromatic heterocycles. The zero-order valence-corrected chi connectivity index (χ0v) is 14.5. The van der Waals surface area contributed by atoms with Crippen molar-refractivity contribution in [1.82, 2.24) is 15.2 Å². The Labute approximate surface area is 143 Å². The van der Waals surface area contributed by atoms with Crippen LogP contribution in [0.2, 0.25) is 0 Å². The van der Waals surface area contributed by atoms with Crippen molar-refractivity contribution >= 4 is 11.7 Å². The average molecular weight is 332 g/mol. The largest absolute Gasteiger partial charge is 0.380 e. The summed E-state index contributed by atoms with van der Waals surface area (Å²) in [6.07, 6.45) is 4.80. The third-order valence-electron chi connectivity index (χ3n) is 5.26. The van der Waals surface area contributed by atoms with Crippen LogP contribution in [-0.4, -0.2) is 59.2 Å². The van der Waals surface area contributed by atoms with Crippen LogP contribution >= 0.6 is 0 Å². The van der Waals surface area contributed by atoms with Crippen molar-refractivity contribution in [2.45, 2.75) is 44.8 Å². The number of nitrogens with zero attached hydrogens (tertiary/aromatic N) is 3. The normalized spacial score (nSPS) is 21.0. The van der Waals surface area contributed by atoms with Gasteiger partial charge < -0.3 is 20.2 Å². The molecule has 1 saturated carbocycles. The number of carbonyl (C=O) groups excluding carboxylic acids is 1. The molecule has 1 aliphatic heterocycles. The van der Waals surface area contributed by atoms with E-state index in [0.29, 0.717) is 19.4 Å². The Kier molecular flexibility index (Phi) is 5.36. The Hall–Kier alpha value is -1.66. The van der Waals surface area contributed by atoms with Gasteiger partial charge in [0.1, 0.15) is 11.4 Å². The van der Waals surface area contributed by atoms with Crippen molar-refractivity contribution in [2.75, 3.05) is 37.6 Å². The lowest BCUT2D eigenvalue weighted by molar-refractivity contribution is -0.139. The van der Waals surface area contributed by atoms with Crippen LogP contribution in [0.15, 0.2) is 18.3 Å². The number of carbonyl (C=O) groups is 1. The zero-order valence-electron chi connectivity index (χ0n) is 14.5. The predicted molar refractivity (Wildman–Crippen MR) is 93.8 cm³/mol. The van der Waals surface area contributed by atoms with Gasteiger partial charge in [-0.1, -0.05) is 13.0 Å². The van der Waals surface area contributed by atoms with E-state index in [1.54, 1.807) is 0 Å². The van der Waals surface area contributed by atoms with Crippen molar-refractivity contribution in [3.63, 3.8) is 0 Å².